The number of nitrogens with one attached hydrogen (secondary N) is 2. The number of carbonyl (C=O) groups is 2. The fraction of sp³-hybridized carbons (Fsp3) is 0.867. The van der Waals surface area contributed by atoms with Gasteiger partial charge in [0.15, 0.2) is 0 Å². The number of amides is 1. The van der Waals surface area contributed by atoms with E-state index in [1.165, 1.54) is 0 Å². The zero-order valence-electron chi connectivity index (χ0n) is 13.4. The van der Waals surface area contributed by atoms with Crippen molar-refractivity contribution in [2.45, 2.75) is 71.1 Å². The van der Waals surface area contributed by atoms with E-state index in [1.807, 2.05) is 20.8 Å². The molecule has 3 atom stereocenters. The fourth-order valence-electron chi connectivity index (χ4n) is 2.59. The summed E-state index contributed by atoms with van der Waals surface area (Å²) in [5.74, 6) is -0.604. The summed E-state index contributed by atoms with van der Waals surface area (Å²) in [5.41, 5.74) is -0.508. The smallest absolute Gasteiger partial charge is 0.407 e. The maximum atomic E-state index is 11.7. The normalized spacial score (nSPS) is 24.2. The van der Waals surface area contributed by atoms with Crippen molar-refractivity contribution in [3.63, 3.8) is 0 Å². The average Bonchev–Trinajstić information content (AvgIpc) is 2.35. The number of hydrogen-bond acceptors (Lipinski definition) is 4. The lowest BCUT2D eigenvalue weighted by atomic mass is 9.84. The van der Waals surface area contributed by atoms with Gasteiger partial charge in [-0.25, -0.2) is 4.79 Å². The topological polar surface area (TPSA) is 87.7 Å². The fourth-order valence-corrected chi connectivity index (χ4v) is 2.59. The van der Waals surface area contributed by atoms with E-state index in [0.29, 0.717) is 6.54 Å². The third-order valence-electron chi connectivity index (χ3n) is 3.65. The lowest BCUT2D eigenvalue weighted by Crippen LogP contribution is -2.49. The molecule has 0 saturated heterocycles. The Labute approximate surface area is 126 Å². The molecule has 0 bridgehead atoms. The van der Waals surface area contributed by atoms with Gasteiger partial charge in [-0.15, -0.1) is 0 Å². The van der Waals surface area contributed by atoms with E-state index in [1.54, 1.807) is 6.92 Å². The van der Waals surface area contributed by atoms with E-state index >= 15 is 0 Å². The zero-order valence-corrected chi connectivity index (χ0v) is 13.4. The maximum Gasteiger partial charge on any atom is 0.407 e. The van der Waals surface area contributed by atoms with Crippen molar-refractivity contribution in [3.05, 3.63) is 0 Å². The zero-order chi connectivity index (χ0) is 16.0. The number of carboxylic acids is 1. The van der Waals surface area contributed by atoms with Gasteiger partial charge >= 0.3 is 12.1 Å². The molecule has 122 valence electrons. The minimum atomic E-state index is -0.848. The molecule has 3 unspecified atom stereocenters. The first kappa shape index (κ1) is 17.8. The molecule has 6 nitrogen and oxygen atoms in total. The first-order valence-electron chi connectivity index (χ1n) is 7.65. The molecule has 21 heavy (non-hydrogen) atoms. The molecule has 0 aromatic rings. The van der Waals surface area contributed by atoms with E-state index < -0.39 is 23.7 Å². The second kappa shape index (κ2) is 7.64. The van der Waals surface area contributed by atoms with Gasteiger partial charge in [0.1, 0.15) is 11.6 Å². The Kier molecular flexibility index (Phi) is 6.45. The van der Waals surface area contributed by atoms with Gasteiger partial charge in [-0.3, -0.25) is 4.79 Å². The number of ether oxygens (including phenoxy) is 1. The molecule has 1 saturated carbocycles. The Bertz CT molecular complexity index is 365. The van der Waals surface area contributed by atoms with E-state index in [-0.39, 0.29) is 12.0 Å². The van der Waals surface area contributed by atoms with E-state index in [4.69, 9.17) is 9.84 Å². The summed E-state index contributed by atoms with van der Waals surface area (Å²) in [5, 5.41) is 14.9. The third kappa shape index (κ3) is 6.80. The van der Waals surface area contributed by atoms with Crippen LogP contribution in [-0.2, 0) is 9.53 Å². The maximum absolute atomic E-state index is 11.7. The molecule has 6 heteroatoms. The molecule has 3 N–H and O–H groups in total. The lowest BCUT2D eigenvalue weighted by molar-refractivity contribution is -0.139. The highest BCUT2D eigenvalue weighted by atomic mass is 16.6. The Morgan fingerprint density at radius 3 is 2.48 bits per heavy atom. The molecule has 0 aromatic carbocycles. The number of carboxylic acid groups (broad SMARTS) is 1. The summed E-state index contributed by atoms with van der Waals surface area (Å²) < 4.78 is 5.22. The van der Waals surface area contributed by atoms with Crippen LogP contribution in [0.4, 0.5) is 4.79 Å². The summed E-state index contributed by atoms with van der Waals surface area (Å²) in [7, 11) is 0. The number of hydrogen-bond donors (Lipinski definition) is 3. The van der Waals surface area contributed by atoms with Gasteiger partial charge in [0.2, 0.25) is 0 Å². The van der Waals surface area contributed by atoms with Gasteiger partial charge in [0.25, 0.3) is 0 Å². The highest BCUT2D eigenvalue weighted by molar-refractivity contribution is 5.72. The van der Waals surface area contributed by atoms with Gasteiger partial charge in [0, 0.05) is 12.6 Å². The molecule has 1 amide bonds. The SMILES string of the molecule is CC(NC1CCCCC1CNC(=O)OC(C)(C)C)C(=O)O. The van der Waals surface area contributed by atoms with Crippen LogP contribution in [0.3, 0.4) is 0 Å². The van der Waals surface area contributed by atoms with Crippen LogP contribution in [-0.4, -0.2) is 41.4 Å². The Balaban J connectivity index is 2.46. The summed E-state index contributed by atoms with van der Waals surface area (Å²) in [6.07, 6.45) is 3.71. The number of rotatable bonds is 5. The highest BCUT2D eigenvalue weighted by Crippen LogP contribution is 2.24. The van der Waals surface area contributed by atoms with Crippen LogP contribution in [0.25, 0.3) is 0 Å². The van der Waals surface area contributed by atoms with Crippen LogP contribution < -0.4 is 10.6 Å². The van der Waals surface area contributed by atoms with Gasteiger partial charge in [-0.1, -0.05) is 12.8 Å². The van der Waals surface area contributed by atoms with Gasteiger partial charge in [-0.2, -0.15) is 0 Å². The van der Waals surface area contributed by atoms with Crippen molar-refractivity contribution in [2.24, 2.45) is 5.92 Å². The predicted molar refractivity (Wildman–Crippen MR) is 80.2 cm³/mol. The number of aliphatic carboxylic acids is 1. The lowest BCUT2D eigenvalue weighted by Gasteiger charge is -2.33. The molecule has 0 aliphatic heterocycles. The van der Waals surface area contributed by atoms with Crippen molar-refractivity contribution in [1.82, 2.24) is 10.6 Å². The van der Waals surface area contributed by atoms with Crippen molar-refractivity contribution >= 4 is 12.1 Å². The molecular weight excluding hydrogens is 272 g/mol. The van der Waals surface area contributed by atoms with Gasteiger partial charge < -0.3 is 20.5 Å². The first-order valence-corrected chi connectivity index (χ1v) is 7.65. The molecule has 0 spiro atoms. The minimum absolute atomic E-state index is 0.125. The number of alkyl carbamates (subject to hydrolysis) is 1. The number of carbonyl (C=O) groups excluding carboxylic acids is 1. The highest BCUT2D eigenvalue weighted by Gasteiger charge is 2.28. The quantitative estimate of drug-likeness (QED) is 0.724. The van der Waals surface area contributed by atoms with Crippen LogP contribution in [0, 0.1) is 5.92 Å². The van der Waals surface area contributed by atoms with Crippen LogP contribution in [0.1, 0.15) is 53.4 Å². The third-order valence-corrected chi connectivity index (χ3v) is 3.65. The van der Waals surface area contributed by atoms with E-state index in [9.17, 15) is 9.59 Å². The first-order chi connectivity index (χ1) is 9.69. The van der Waals surface area contributed by atoms with Crippen LogP contribution >= 0.6 is 0 Å². The molecule has 1 aliphatic carbocycles. The van der Waals surface area contributed by atoms with Crippen molar-refractivity contribution < 1.29 is 19.4 Å². The Hall–Kier alpha value is -1.30. The largest absolute Gasteiger partial charge is 0.480 e. The van der Waals surface area contributed by atoms with E-state index in [0.717, 1.165) is 25.7 Å². The Morgan fingerprint density at radius 1 is 1.29 bits per heavy atom. The second-order valence-corrected chi connectivity index (χ2v) is 6.76. The molecule has 1 rings (SSSR count). The van der Waals surface area contributed by atoms with Gasteiger partial charge in [0.05, 0.1) is 0 Å². The second-order valence-electron chi connectivity index (χ2n) is 6.76. The average molecular weight is 300 g/mol. The molecule has 1 fully saturated rings. The summed E-state index contributed by atoms with van der Waals surface area (Å²) in [4.78, 5) is 22.6. The molecule has 0 radical (unpaired) electrons. The molecule has 0 heterocycles. The van der Waals surface area contributed by atoms with Crippen LogP contribution in [0.15, 0.2) is 0 Å². The molecule has 0 aromatic heterocycles. The monoisotopic (exact) mass is 300 g/mol. The minimum Gasteiger partial charge on any atom is -0.480 e. The summed E-state index contributed by atoms with van der Waals surface area (Å²) in [6.45, 7) is 7.64. The van der Waals surface area contributed by atoms with Crippen LogP contribution in [0.2, 0.25) is 0 Å². The van der Waals surface area contributed by atoms with Crippen LogP contribution in [0.5, 0.6) is 0 Å². The standard InChI is InChI=1S/C15H28N2O4/c1-10(13(18)19)17-12-8-6-5-7-11(12)9-16-14(20)21-15(2,3)4/h10-12,17H,5-9H2,1-4H3,(H,16,20)(H,18,19). The summed E-state index contributed by atoms with van der Waals surface area (Å²) >= 11 is 0. The Morgan fingerprint density at radius 2 is 1.90 bits per heavy atom. The van der Waals surface area contributed by atoms with Crippen molar-refractivity contribution in [1.29, 1.82) is 0 Å². The van der Waals surface area contributed by atoms with Crippen molar-refractivity contribution in [3.8, 4) is 0 Å². The predicted octanol–water partition coefficient (Wildman–Crippen LogP) is 2.13. The molecule has 1 aliphatic rings. The van der Waals surface area contributed by atoms with Gasteiger partial charge in [-0.05, 0) is 46.5 Å². The van der Waals surface area contributed by atoms with E-state index in [2.05, 4.69) is 10.6 Å². The summed E-state index contributed by atoms with van der Waals surface area (Å²) in [6, 6.07) is -0.447. The van der Waals surface area contributed by atoms with Crippen molar-refractivity contribution in [2.75, 3.05) is 6.54 Å². The molecular formula is C15H28N2O4.